The first-order valence-electron chi connectivity index (χ1n) is 13.1. The van der Waals surface area contributed by atoms with Crippen molar-refractivity contribution >= 4 is 0 Å². The van der Waals surface area contributed by atoms with Gasteiger partial charge in [0.15, 0.2) is 11.1 Å². The number of azo groups is 1. The van der Waals surface area contributed by atoms with Gasteiger partial charge in [-0.1, -0.05) is 113 Å². The van der Waals surface area contributed by atoms with Crippen molar-refractivity contribution in [2.24, 2.45) is 21.1 Å². The van der Waals surface area contributed by atoms with E-state index in [9.17, 15) is 5.26 Å². The van der Waals surface area contributed by atoms with Crippen molar-refractivity contribution in [3.05, 3.63) is 107 Å². The van der Waals surface area contributed by atoms with E-state index in [1.165, 1.54) is 0 Å². The van der Waals surface area contributed by atoms with E-state index in [0.717, 1.165) is 22.3 Å². The van der Waals surface area contributed by atoms with Crippen LogP contribution in [0.3, 0.4) is 0 Å². The Kier molecular flexibility index (Phi) is 5.29. The predicted octanol–water partition coefficient (Wildman–Crippen LogP) is 7.16. The molecule has 0 bridgehead atoms. The van der Waals surface area contributed by atoms with Gasteiger partial charge >= 0.3 is 0 Å². The maximum atomic E-state index is 10.7. The number of hydrogen-bond donors (Lipinski definition) is 0. The van der Waals surface area contributed by atoms with Crippen LogP contribution in [-0.2, 0) is 31.4 Å². The van der Waals surface area contributed by atoms with Crippen LogP contribution in [0.1, 0.15) is 63.3 Å². The number of benzene rings is 3. The largest absolute Gasteiger partial charge is 0.341 e. The third-order valence-electron chi connectivity index (χ3n) is 8.70. The fourth-order valence-corrected chi connectivity index (χ4v) is 7.03. The summed E-state index contributed by atoms with van der Waals surface area (Å²) in [6, 6.07) is 30.6. The molecule has 6 heteroatoms. The van der Waals surface area contributed by atoms with E-state index in [0.29, 0.717) is 13.0 Å². The van der Waals surface area contributed by atoms with Crippen molar-refractivity contribution in [1.29, 1.82) is 5.26 Å². The van der Waals surface area contributed by atoms with E-state index in [4.69, 9.17) is 24.7 Å². The Morgan fingerprint density at radius 1 is 0.763 bits per heavy atom. The van der Waals surface area contributed by atoms with Gasteiger partial charge in [-0.3, -0.25) is 0 Å². The second-order valence-electron chi connectivity index (χ2n) is 12.4. The van der Waals surface area contributed by atoms with Crippen molar-refractivity contribution in [1.82, 2.24) is 0 Å². The molecule has 2 saturated heterocycles. The molecule has 6 nitrogen and oxygen atoms in total. The lowest BCUT2D eigenvalue weighted by molar-refractivity contribution is -0.626. The number of ether oxygens (including phenoxy) is 1. The van der Waals surface area contributed by atoms with Gasteiger partial charge in [0.05, 0.1) is 12.7 Å². The van der Waals surface area contributed by atoms with Crippen molar-refractivity contribution in [2.45, 2.75) is 63.5 Å². The summed E-state index contributed by atoms with van der Waals surface area (Å²) in [5.41, 5.74) is 0.354. The fourth-order valence-electron chi connectivity index (χ4n) is 7.03. The summed E-state index contributed by atoms with van der Waals surface area (Å²) >= 11 is 0. The van der Waals surface area contributed by atoms with Crippen LogP contribution in [0.4, 0.5) is 0 Å². The van der Waals surface area contributed by atoms with Crippen LogP contribution >= 0.6 is 0 Å². The van der Waals surface area contributed by atoms with Gasteiger partial charge in [0.25, 0.3) is 5.79 Å². The Bertz CT molecular complexity index is 1400. The zero-order valence-electron chi connectivity index (χ0n) is 22.6. The van der Waals surface area contributed by atoms with E-state index < -0.39 is 22.5 Å². The maximum absolute atomic E-state index is 10.7. The quantitative estimate of drug-likeness (QED) is 0.351. The highest BCUT2D eigenvalue weighted by Crippen LogP contribution is 2.69. The molecule has 3 aromatic carbocycles. The van der Waals surface area contributed by atoms with Gasteiger partial charge in [0.1, 0.15) is 5.54 Å². The van der Waals surface area contributed by atoms with Crippen LogP contribution in [0.25, 0.3) is 0 Å². The summed E-state index contributed by atoms with van der Waals surface area (Å²) in [6.07, 6.45) is 0.384. The Balaban J connectivity index is 1.47. The van der Waals surface area contributed by atoms with E-state index in [1.807, 2.05) is 60.7 Å². The second kappa shape index (κ2) is 8.07. The van der Waals surface area contributed by atoms with Crippen LogP contribution < -0.4 is 0 Å². The highest BCUT2D eigenvalue weighted by molar-refractivity contribution is 5.47. The van der Waals surface area contributed by atoms with Crippen molar-refractivity contribution < 1.29 is 14.5 Å². The third kappa shape index (κ3) is 3.04. The van der Waals surface area contributed by atoms with Crippen molar-refractivity contribution in [3.63, 3.8) is 0 Å². The SMILES string of the molecule is CC(C)(C)C12OOC1(c1cccc(C3(C#N)CC(c4ccccc4)(c4ccccc4)N=N3)c1)OCC2(C)C. The molecule has 3 aliphatic rings. The highest BCUT2D eigenvalue weighted by atomic mass is 17.3. The molecule has 3 unspecified atom stereocenters. The summed E-state index contributed by atoms with van der Waals surface area (Å²) in [5.74, 6) is -1.08. The lowest BCUT2D eigenvalue weighted by Crippen LogP contribution is -2.73. The molecule has 3 atom stereocenters. The normalized spacial score (nSPS) is 30.8. The van der Waals surface area contributed by atoms with Gasteiger partial charge in [-0.15, -0.1) is 0 Å². The average Bonchev–Trinajstić information content (AvgIpc) is 3.38. The first-order chi connectivity index (χ1) is 18.1. The molecule has 3 aliphatic heterocycles. The van der Waals surface area contributed by atoms with Crippen LogP contribution in [0.15, 0.2) is 95.2 Å². The van der Waals surface area contributed by atoms with Crippen LogP contribution in [0.2, 0.25) is 0 Å². The zero-order valence-corrected chi connectivity index (χ0v) is 22.6. The van der Waals surface area contributed by atoms with E-state index in [1.54, 1.807) is 0 Å². The summed E-state index contributed by atoms with van der Waals surface area (Å²) in [6.45, 7) is 11.3. The molecule has 0 radical (unpaired) electrons. The molecule has 2 fully saturated rings. The molecule has 0 N–H and O–H groups in total. The molecule has 38 heavy (non-hydrogen) atoms. The molecule has 194 valence electrons. The molecule has 3 heterocycles. The van der Waals surface area contributed by atoms with E-state index >= 15 is 0 Å². The van der Waals surface area contributed by atoms with Crippen molar-refractivity contribution in [2.75, 3.05) is 6.61 Å². The zero-order chi connectivity index (χ0) is 26.9. The minimum Gasteiger partial charge on any atom is -0.341 e. The van der Waals surface area contributed by atoms with Crippen LogP contribution in [-0.4, -0.2) is 12.2 Å². The Morgan fingerprint density at radius 2 is 1.34 bits per heavy atom. The third-order valence-corrected chi connectivity index (χ3v) is 8.70. The molecule has 0 spiro atoms. The van der Waals surface area contributed by atoms with Gasteiger partial charge in [0, 0.05) is 22.8 Å². The molecule has 0 aromatic heterocycles. The lowest BCUT2D eigenvalue weighted by Gasteiger charge is -2.61. The average molecular weight is 508 g/mol. The molecule has 0 saturated carbocycles. The van der Waals surface area contributed by atoms with Crippen LogP contribution in [0, 0.1) is 22.2 Å². The molecule has 0 amide bonds. The minimum atomic E-state index is -1.18. The highest BCUT2D eigenvalue weighted by Gasteiger charge is 2.81. The Morgan fingerprint density at radius 3 is 1.87 bits per heavy atom. The summed E-state index contributed by atoms with van der Waals surface area (Å²) in [5, 5.41) is 20.3. The summed E-state index contributed by atoms with van der Waals surface area (Å²) < 4.78 is 6.45. The topological polar surface area (TPSA) is 76.2 Å². The lowest BCUT2D eigenvalue weighted by atomic mass is 9.57. The molecular weight excluding hydrogens is 474 g/mol. The molecule has 6 rings (SSSR count). The van der Waals surface area contributed by atoms with Gasteiger partial charge in [-0.05, 0) is 22.8 Å². The van der Waals surface area contributed by atoms with Crippen LogP contribution in [0.5, 0.6) is 0 Å². The van der Waals surface area contributed by atoms with Gasteiger partial charge < -0.3 is 4.74 Å². The van der Waals surface area contributed by atoms with Gasteiger partial charge in [0.2, 0.25) is 0 Å². The smallest absolute Gasteiger partial charge is 0.261 e. The first-order valence-corrected chi connectivity index (χ1v) is 13.1. The molecule has 0 aliphatic carbocycles. The Labute approximate surface area is 224 Å². The summed E-state index contributed by atoms with van der Waals surface area (Å²) in [7, 11) is 0. The van der Waals surface area contributed by atoms with Gasteiger partial charge in [-0.2, -0.15) is 20.4 Å². The number of hydrogen-bond acceptors (Lipinski definition) is 6. The molecule has 3 aromatic rings. The number of rotatable bonds is 4. The van der Waals surface area contributed by atoms with E-state index in [-0.39, 0.29) is 10.8 Å². The van der Waals surface area contributed by atoms with Crippen molar-refractivity contribution in [3.8, 4) is 6.07 Å². The standard InChI is InChI=1S/C32H33N3O3/c1-27(2,3)32-28(4,5)22-36-31(32,37-38-32)26-18-12-17-25(19-26)29(21-33)20-30(35-34-29,23-13-8-6-9-14-23)24-15-10-7-11-16-24/h6-19H,20,22H2,1-5H3. The Hall–Kier alpha value is -3.37. The number of nitrogens with zero attached hydrogens (tertiary/aromatic N) is 3. The summed E-state index contributed by atoms with van der Waals surface area (Å²) in [4.78, 5) is 11.9. The maximum Gasteiger partial charge on any atom is 0.261 e. The van der Waals surface area contributed by atoms with Gasteiger partial charge in [-0.25, -0.2) is 4.89 Å². The monoisotopic (exact) mass is 507 g/mol. The minimum absolute atomic E-state index is 0.281. The number of fused-ring (bicyclic) bond motifs is 1. The number of nitriles is 1. The van der Waals surface area contributed by atoms with E-state index in [2.05, 4.69) is 65.0 Å². The predicted molar refractivity (Wildman–Crippen MR) is 143 cm³/mol. The molecular formula is C32H33N3O3. The second-order valence-corrected chi connectivity index (χ2v) is 12.4. The first kappa shape index (κ1) is 24.9. The fraction of sp³-hybridized carbons (Fsp3) is 0.406.